The number of ether oxygens (including phenoxy) is 4. The van der Waals surface area contributed by atoms with E-state index in [9.17, 15) is 40.8 Å². The standard InChI is InChI=1S/C13H11BClFO3.C13H9F2IO.C13H10F2O.C7H6BrFO.C6H6BFO2.C3H7.ClH.Mg/c1-19-13-6-10(8-3-2-4-9(16)5-8)12(15)7-11(13)14(17)18;1-17-13-6-10(11(15)7-12(13)16)8-3-2-4-9(14)5-8;1-16-11-5-6-13(15)12(8-11)9-3-2-4-10(14)7-9;1-10-5-2-3-7(9)6(8)4-5;8-6-3-1-2-5(4-6)7(9)10;1-3-2;;/h2-7,17-18H,1H3;2-7H,1H3;2-8H,1H3;2-4H,1H3;1-4,9-10H;3H,1-2H3;1H;/q;;;;;-1;;+2/p-1. The zero-order chi connectivity index (χ0) is 55.8. The minimum absolute atomic E-state index is 0. The molecule has 0 aliphatic rings. The van der Waals surface area contributed by atoms with Crippen LogP contribution in [-0.4, -0.2) is 85.8 Å². The second-order valence-corrected chi connectivity index (χ2v) is 17.5. The van der Waals surface area contributed by atoms with E-state index in [-0.39, 0.29) is 86.2 Å². The molecule has 77 heavy (non-hydrogen) atoms. The van der Waals surface area contributed by atoms with Gasteiger partial charge in [-0.25, -0.2) is 30.7 Å². The number of hydrogen-bond donors (Lipinski definition) is 4. The molecule has 0 heterocycles. The Bertz CT molecular complexity index is 3090. The van der Waals surface area contributed by atoms with E-state index in [1.54, 1.807) is 73.8 Å². The molecule has 0 spiro atoms. The van der Waals surface area contributed by atoms with Gasteiger partial charge in [-0.3, -0.25) is 0 Å². The van der Waals surface area contributed by atoms with Crippen LogP contribution in [0.5, 0.6) is 23.0 Å². The number of hydrogen-bond acceptors (Lipinski definition) is 8. The number of rotatable bonds is 9. The van der Waals surface area contributed by atoms with Crippen LogP contribution in [-0.2, 0) is 0 Å². The van der Waals surface area contributed by atoms with E-state index in [1.807, 2.05) is 42.9 Å². The van der Waals surface area contributed by atoms with Gasteiger partial charge in [0.15, 0.2) is 0 Å². The molecule has 0 bridgehead atoms. The molecule has 4 N–H and O–H groups in total. The van der Waals surface area contributed by atoms with Gasteiger partial charge in [-0.1, -0.05) is 60.1 Å². The maximum absolute atomic E-state index is 13.8. The second-order valence-electron chi connectivity index (χ2n) is 15.1. The summed E-state index contributed by atoms with van der Waals surface area (Å²) in [7, 11) is 2.70. The molecule has 8 nitrogen and oxygen atoms in total. The Morgan fingerprint density at radius 2 is 0.896 bits per heavy atom. The summed E-state index contributed by atoms with van der Waals surface area (Å²) in [6.07, 6.45) is 2.00. The molecule has 0 atom stereocenters. The fraction of sp³-hybridized carbons (Fsp3) is 0.109. The predicted octanol–water partition coefficient (Wildman–Crippen LogP) is 9.68. The van der Waals surface area contributed by atoms with Gasteiger partial charge in [0.05, 0.1) is 36.5 Å². The third-order valence-electron chi connectivity index (χ3n) is 9.69. The van der Waals surface area contributed by atoms with Crippen molar-refractivity contribution in [2.24, 2.45) is 0 Å². The maximum atomic E-state index is 13.8. The topological polar surface area (TPSA) is 118 Å². The summed E-state index contributed by atoms with van der Waals surface area (Å²) in [6.45, 7) is 4.00. The first-order valence-electron chi connectivity index (χ1n) is 21.9. The molecule has 0 radical (unpaired) electrons. The van der Waals surface area contributed by atoms with Crippen molar-refractivity contribution in [1.82, 2.24) is 0 Å². The number of halogens is 11. The van der Waals surface area contributed by atoms with Crippen LogP contribution in [0.4, 0.5) is 30.7 Å². The van der Waals surface area contributed by atoms with Gasteiger partial charge in [0.1, 0.15) is 63.7 Å². The molecule has 22 heteroatoms. The molecule has 0 aromatic heterocycles. The molecular weight excluding hydrogens is 1250 g/mol. The molecule has 0 unspecified atom stereocenters. The molecule has 0 fully saturated rings. The van der Waals surface area contributed by atoms with Crippen molar-refractivity contribution >= 4 is 98.3 Å². The Morgan fingerprint density at radius 1 is 0.481 bits per heavy atom. The Balaban J connectivity index is 0.000000481. The molecular formula is C55H49B2BrCl2F7IMgO8. The molecule has 0 saturated heterocycles. The van der Waals surface area contributed by atoms with Crippen molar-refractivity contribution in [2.45, 2.75) is 13.8 Å². The first-order chi connectivity index (χ1) is 35.7. The van der Waals surface area contributed by atoms with Crippen LogP contribution in [0, 0.1) is 50.7 Å². The van der Waals surface area contributed by atoms with Gasteiger partial charge in [-0.05, 0) is 170 Å². The van der Waals surface area contributed by atoms with Gasteiger partial charge >= 0.3 is 37.3 Å². The third kappa shape index (κ3) is 23.1. The quantitative estimate of drug-likeness (QED) is 0.0489. The van der Waals surface area contributed by atoms with E-state index in [0.29, 0.717) is 58.7 Å². The summed E-state index contributed by atoms with van der Waals surface area (Å²) >= 11 is 11.1. The van der Waals surface area contributed by atoms with Gasteiger partial charge in [0, 0.05) is 27.2 Å². The Hall–Kier alpha value is -5.00. The van der Waals surface area contributed by atoms with Crippen LogP contribution >= 0.6 is 50.1 Å². The van der Waals surface area contributed by atoms with Crippen molar-refractivity contribution in [3.63, 3.8) is 0 Å². The summed E-state index contributed by atoms with van der Waals surface area (Å²) in [5.74, 6) is -0.643. The summed E-state index contributed by atoms with van der Waals surface area (Å²) < 4.78 is 113. The van der Waals surface area contributed by atoms with Gasteiger partial charge in [0.2, 0.25) is 0 Å². The third-order valence-corrected chi connectivity index (χ3v) is 11.5. The second kappa shape index (κ2) is 36.2. The fourth-order valence-corrected chi connectivity index (χ4v) is 7.46. The van der Waals surface area contributed by atoms with E-state index < -0.39 is 25.9 Å². The van der Waals surface area contributed by atoms with Gasteiger partial charge in [-0.15, -0.1) is 0 Å². The number of methoxy groups -OCH3 is 4. The smallest absolute Gasteiger partial charge is 1.00 e. The van der Waals surface area contributed by atoms with Crippen molar-refractivity contribution in [2.75, 3.05) is 28.4 Å². The first kappa shape index (κ1) is 70.0. The maximum Gasteiger partial charge on any atom is 2.00 e. The zero-order valence-corrected chi connectivity index (χ0v) is 48.7. The van der Waals surface area contributed by atoms with Crippen molar-refractivity contribution in [3.8, 4) is 56.4 Å². The molecule has 0 saturated carbocycles. The molecule has 8 aromatic rings. The summed E-state index contributed by atoms with van der Waals surface area (Å²) in [5, 5.41) is 35.8. The van der Waals surface area contributed by atoms with E-state index in [4.69, 9.17) is 40.6 Å². The van der Waals surface area contributed by atoms with E-state index in [1.165, 1.54) is 106 Å². The minimum atomic E-state index is -1.69. The Morgan fingerprint density at radius 3 is 1.30 bits per heavy atom. The van der Waals surface area contributed by atoms with Crippen molar-refractivity contribution in [1.29, 1.82) is 0 Å². The van der Waals surface area contributed by atoms with Crippen LogP contribution in [0.1, 0.15) is 13.8 Å². The van der Waals surface area contributed by atoms with E-state index in [2.05, 4.69) is 15.9 Å². The summed E-state index contributed by atoms with van der Waals surface area (Å²) in [5.41, 5.74) is 3.13. The first-order valence-corrected chi connectivity index (χ1v) is 24.2. The average molecular weight is 1290 g/mol. The number of benzene rings is 8. The monoisotopic (exact) mass is 1290 g/mol. The van der Waals surface area contributed by atoms with Gasteiger partial charge in [-0.2, -0.15) is 13.8 Å². The largest absolute Gasteiger partial charge is 2.00 e. The molecule has 0 aliphatic heterocycles. The summed E-state index contributed by atoms with van der Waals surface area (Å²) in [4.78, 5) is 0. The van der Waals surface area contributed by atoms with Crippen molar-refractivity contribution < 1.29 is 82.2 Å². The average Bonchev–Trinajstić information content (AvgIpc) is 3.38. The van der Waals surface area contributed by atoms with Crippen LogP contribution in [0.25, 0.3) is 33.4 Å². The zero-order valence-electron chi connectivity index (χ0n) is 42.0. The Kier molecular flexibility index (Phi) is 32.9. The van der Waals surface area contributed by atoms with Crippen molar-refractivity contribution in [3.05, 3.63) is 218 Å². The van der Waals surface area contributed by atoms with Gasteiger partial charge in [0.25, 0.3) is 0 Å². The van der Waals surface area contributed by atoms with Crippen LogP contribution in [0.2, 0.25) is 5.02 Å². The molecule has 402 valence electrons. The van der Waals surface area contributed by atoms with Crippen LogP contribution in [0.3, 0.4) is 0 Å². The van der Waals surface area contributed by atoms with E-state index >= 15 is 0 Å². The fourth-order valence-electron chi connectivity index (χ4n) is 6.17. The minimum Gasteiger partial charge on any atom is -1.00 e. The van der Waals surface area contributed by atoms with E-state index in [0.717, 1.165) is 6.07 Å². The van der Waals surface area contributed by atoms with Gasteiger partial charge < -0.3 is 57.9 Å². The Labute approximate surface area is 493 Å². The normalized spacial score (nSPS) is 9.66. The molecule has 8 aromatic carbocycles. The molecule has 0 aliphatic carbocycles. The summed E-state index contributed by atoms with van der Waals surface area (Å²) in [6, 6.07) is 37.5. The molecule has 8 rings (SSSR count). The molecule has 0 amide bonds. The SMILES string of the molecule is COc1cc(-c2cccc(F)c2)c(Cl)cc1B(O)O.COc1cc(-c2cccc(F)c2)c(F)cc1I.COc1ccc(F)c(-c2cccc(F)c2)c1.COc1ccc(F)c(Br)c1.C[CH-]C.OB(O)c1cccc(F)c1.[Cl-].[Mg+2]. The van der Waals surface area contributed by atoms with Crippen LogP contribution < -0.4 is 42.3 Å². The van der Waals surface area contributed by atoms with Crippen LogP contribution in [0.15, 0.2) is 162 Å². The predicted molar refractivity (Wildman–Crippen MR) is 301 cm³/mol.